The van der Waals surface area contributed by atoms with Crippen LogP contribution in [0.25, 0.3) is 17.5 Å². The third-order valence-corrected chi connectivity index (χ3v) is 7.38. The fourth-order valence-corrected chi connectivity index (χ4v) is 5.74. The summed E-state index contributed by atoms with van der Waals surface area (Å²) in [5.74, 6) is -1.00. The highest BCUT2D eigenvalue weighted by molar-refractivity contribution is 7.07. The number of thiazole rings is 1. The molecule has 2 aromatic carbocycles. The molecule has 0 saturated heterocycles. The predicted molar refractivity (Wildman–Crippen MR) is 129 cm³/mol. The zero-order chi connectivity index (χ0) is 23.2. The first-order valence-corrected chi connectivity index (χ1v) is 11.3. The molecule has 10 heteroatoms. The average Bonchev–Trinajstić information content (AvgIpc) is 3.07. The Kier molecular flexibility index (Phi) is 6.09. The van der Waals surface area contributed by atoms with E-state index in [1.165, 1.54) is 6.08 Å². The smallest absolute Gasteiger partial charge is 0.274 e. The standard InChI is InChI=1S/C22H10Cl4N4OS/c23-13-3-1-4-14(24)10(13)7-17-21(31)30-20(29)11(8-27)18(12(9-28)22(30)32-17)19-15(25)5-2-6-16(19)26/h1-7,18H,29H2/b17-7-/t18-/m1/s1. The molecule has 0 bridgehead atoms. The molecule has 0 fully saturated rings. The van der Waals surface area contributed by atoms with Crippen molar-refractivity contribution in [2.24, 2.45) is 5.73 Å². The summed E-state index contributed by atoms with van der Waals surface area (Å²) in [6, 6.07) is 14.0. The summed E-state index contributed by atoms with van der Waals surface area (Å²) >= 11 is 26.3. The van der Waals surface area contributed by atoms with Gasteiger partial charge in [0.05, 0.1) is 33.7 Å². The highest BCUT2D eigenvalue weighted by Gasteiger charge is 2.34. The van der Waals surface area contributed by atoms with Gasteiger partial charge < -0.3 is 5.73 Å². The lowest BCUT2D eigenvalue weighted by Crippen LogP contribution is -2.38. The number of nitrogens with zero attached hydrogens (tertiary/aromatic N) is 3. The predicted octanol–water partition coefficient (Wildman–Crippen LogP) is 4.47. The summed E-state index contributed by atoms with van der Waals surface area (Å²) in [7, 11) is 0. The maximum atomic E-state index is 13.2. The second kappa shape index (κ2) is 8.67. The molecule has 0 radical (unpaired) electrons. The number of halogens is 4. The number of fused-ring (bicyclic) bond motifs is 1. The minimum atomic E-state index is -0.916. The van der Waals surface area contributed by atoms with E-state index in [1.807, 2.05) is 6.07 Å². The molecular formula is C22H10Cl4N4OS. The summed E-state index contributed by atoms with van der Waals surface area (Å²) in [6.07, 6.45) is 1.54. The van der Waals surface area contributed by atoms with E-state index in [1.54, 1.807) is 36.4 Å². The van der Waals surface area contributed by atoms with Gasteiger partial charge in [0.1, 0.15) is 10.5 Å². The minimum Gasteiger partial charge on any atom is -0.384 e. The molecule has 0 unspecified atom stereocenters. The molecule has 5 nitrogen and oxygen atoms in total. The number of benzene rings is 2. The second-order valence-electron chi connectivity index (χ2n) is 6.70. The van der Waals surface area contributed by atoms with Gasteiger partial charge in [0.2, 0.25) is 0 Å². The largest absolute Gasteiger partial charge is 0.384 e. The zero-order valence-corrected chi connectivity index (χ0v) is 19.7. The average molecular weight is 520 g/mol. The van der Waals surface area contributed by atoms with E-state index in [0.29, 0.717) is 21.2 Å². The van der Waals surface area contributed by atoms with Gasteiger partial charge >= 0.3 is 0 Å². The maximum absolute atomic E-state index is 13.2. The lowest BCUT2D eigenvalue weighted by molar-refractivity contribution is 0.906. The SMILES string of the molecule is N#CC1=C(N)n2c(s/c(=C\c3c(Cl)cccc3Cl)c2=O)=C(C#N)[C@@H]1c1c(Cl)cccc1Cl. The van der Waals surface area contributed by atoms with Crippen molar-refractivity contribution in [3.05, 3.63) is 92.7 Å². The van der Waals surface area contributed by atoms with Crippen molar-refractivity contribution in [3.8, 4) is 12.1 Å². The molecule has 32 heavy (non-hydrogen) atoms. The van der Waals surface area contributed by atoms with Crippen molar-refractivity contribution in [1.82, 2.24) is 4.57 Å². The van der Waals surface area contributed by atoms with Crippen LogP contribution in [0.3, 0.4) is 0 Å². The topological polar surface area (TPSA) is 95.6 Å². The number of hydrogen-bond donors (Lipinski definition) is 1. The molecule has 4 rings (SSSR count). The van der Waals surface area contributed by atoms with E-state index >= 15 is 0 Å². The highest BCUT2D eigenvalue weighted by atomic mass is 35.5. The Bertz CT molecular complexity index is 1550. The molecule has 158 valence electrons. The summed E-state index contributed by atoms with van der Waals surface area (Å²) in [4.78, 5) is 13.2. The fraction of sp³-hybridized carbons (Fsp3) is 0.0455. The summed E-state index contributed by atoms with van der Waals surface area (Å²) < 4.78 is 1.68. The van der Waals surface area contributed by atoms with Gasteiger partial charge in [-0.15, -0.1) is 11.3 Å². The van der Waals surface area contributed by atoms with E-state index in [2.05, 4.69) is 6.07 Å². The molecule has 1 aliphatic heterocycles. The molecule has 0 saturated carbocycles. The first-order valence-electron chi connectivity index (χ1n) is 8.96. The van der Waals surface area contributed by atoms with Crippen LogP contribution in [0.4, 0.5) is 0 Å². The molecular weight excluding hydrogens is 510 g/mol. The van der Waals surface area contributed by atoms with Crippen LogP contribution >= 0.6 is 57.7 Å². The lowest BCUT2D eigenvalue weighted by atomic mass is 9.84. The molecule has 0 spiro atoms. The molecule has 2 heterocycles. The third-order valence-electron chi connectivity index (χ3n) is 4.95. The Hall–Kier alpha value is -2.71. The first-order chi connectivity index (χ1) is 15.3. The molecule has 3 aromatic rings. The van der Waals surface area contributed by atoms with Gasteiger partial charge in [-0.1, -0.05) is 58.5 Å². The normalized spacial score (nSPS) is 16.0. The van der Waals surface area contributed by atoms with Crippen molar-refractivity contribution < 1.29 is 0 Å². The second-order valence-corrected chi connectivity index (χ2v) is 9.36. The van der Waals surface area contributed by atoms with Crippen LogP contribution < -0.4 is 20.5 Å². The van der Waals surface area contributed by atoms with E-state index in [0.717, 1.165) is 15.9 Å². The third kappa shape index (κ3) is 3.51. The zero-order valence-electron chi connectivity index (χ0n) is 15.9. The van der Waals surface area contributed by atoms with E-state index in [9.17, 15) is 15.3 Å². The Labute approximate surface area is 206 Å². The number of rotatable bonds is 2. The van der Waals surface area contributed by atoms with Gasteiger partial charge in [-0.3, -0.25) is 9.36 Å². The van der Waals surface area contributed by atoms with Crippen LogP contribution in [-0.4, -0.2) is 4.57 Å². The molecule has 1 aromatic heterocycles. The van der Waals surface area contributed by atoms with E-state index in [-0.39, 0.29) is 36.2 Å². The van der Waals surface area contributed by atoms with Crippen molar-refractivity contribution in [1.29, 1.82) is 10.5 Å². The number of aromatic nitrogens is 1. The summed E-state index contributed by atoms with van der Waals surface area (Å²) in [5.41, 5.74) is 6.74. The first kappa shape index (κ1) is 22.5. The quantitative estimate of drug-likeness (QED) is 0.540. The van der Waals surface area contributed by atoms with Crippen LogP contribution in [-0.2, 0) is 0 Å². The Morgan fingerprint density at radius 3 is 2.00 bits per heavy atom. The molecule has 1 atom stereocenters. The Morgan fingerprint density at radius 2 is 1.47 bits per heavy atom. The van der Waals surface area contributed by atoms with E-state index < -0.39 is 11.5 Å². The van der Waals surface area contributed by atoms with Gasteiger partial charge in [-0.2, -0.15) is 10.5 Å². The number of hydrogen-bond acceptors (Lipinski definition) is 5. The Balaban J connectivity index is 2.13. The van der Waals surface area contributed by atoms with Gasteiger partial charge in [0.15, 0.2) is 0 Å². The van der Waals surface area contributed by atoms with Crippen molar-refractivity contribution in [2.45, 2.75) is 5.92 Å². The van der Waals surface area contributed by atoms with Gasteiger partial charge in [0, 0.05) is 31.2 Å². The van der Waals surface area contributed by atoms with Crippen molar-refractivity contribution >= 4 is 75.2 Å². The molecule has 0 aliphatic carbocycles. The number of nitrogens with two attached hydrogens (primary N) is 1. The fourth-order valence-electron chi connectivity index (χ4n) is 3.51. The number of nitriles is 2. The maximum Gasteiger partial charge on any atom is 0.274 e. The monoisotopic (exact) mass is 518 g/mol. The summed E-state index contributed by atoms with van der Waals surface area (Å²) in [5, 5.41) is 21.2. The van der Waals surface area contributed by atoms with Crippen LogP contribution in [0.5, 0.6) is 0 Å². The van der Waals surface area contributed by atoms with Crippen LogP contribution in [0.1, 0.15) is 17.0 Å². The molecule has 1 aliphatic rings. The summed E-state index contributed by atoms with van der Waals surface area (Å²) in [6.45, 7) is 0. The van der Waals surface area contributed by atoms with Crippen molar-refractivity contribution in [3.63, 3.8) is 0 Å². The van der Waals surface area contributed by atoms with Crippen LogP contribution in [0.15, 0.2) is 46.8 Å². The van der Waals surface area contributed by atoms with Crippen LogP contribution in [0, 0.1) is 22.7 Å². The lowest BCUT2D eigenvalue weighted by Gasteiger charge is -2.23. The van der Waals surface area contributed by atoms with Gasteiger partial charge in [0.25, 0.3) is 5.56 Å². The highest BCUT2D eigenvalue weighted by Crippen LogP contribution is 2.42. The van der Waals surface area contributed by atoms with Gasteiger partial charge in [-0.25, -0.2) is 0 Å². The van der Waals surface area contributed by atoms with Gasteiger partial charge in [-0.05, 0) is 30.3 Å². The van der Waals surface area contributed by atoms with Crippen LogP contribution in [0.2, 0.25) is 20.1 Å². The Morgan fingerprint density at radius 1 is 0.938 bits per heavy atom. The molecule has 0 amide bonds. The molecule has 2 N–H and O–H groups in total. The minimum absolute atomic E-state index is 0.00581. The van der Waals surface area contributed by atoms with E-state index in [4.69, 9.17) is 52.1 Å². The number of allylic oxidation sites excluding steroid dienone is 1. The van der Waals surface area contributed by atoms with Crippen molar-refractivity contribution in [2.75, 3.05) is 0 Å².